The molecule has 1 aliphatic rings. The molecule has 3 rings (SSSR count). The molecule has 5 heteroatoms. The molecule has 134 valence electrons. The van der Waals surface area contributed by atoms with E-state index in [0.29, 0.717) is 17.5 Å². The molecule has 0 bridgehead atoms. The molecule has 1 aromatic heterocycles. The van der Waals surface area contributed by atoms with Crippen molar-refractivity contribution < 1.29 is 14.3 Å². The summed E-state index contributed by atoms with van der Waals surface area (Å²) < 4.78 is 5.35. The van der Waals surface area contributed by atoms with Crippen LogP contribution in [0.25, 0.3) is 10.9 Å². The molecule has 1 aromatic carbocycles. The monoisotopic (exact) mass is 342 g/mol. The highest BCUT2D eigenvalue weighted by Crippen LogP contribution is 2.29. The van der Waals surface area contributed by atoms with Gasteiger partial charge in [-0.3, -0.25) is 4.79 Å². The Hall–Kier alpha value is -2.30. The summed E-state index contributed by atoms with van der Waals surface area (Å²) in [5, 5.41) is 4.00. The van der Waals surface area contributed by atoms with Gasteiger partial charge in [0, 0.05) is 16.9 Å². The standard InChI is InChI=1S/C20H26N2O3/c1-12-7-6-10-16(13(12)2)22-19(23)14(3)25-20(24)18-11-15-8-4-5-9-17(15)21-18/h4-5,8-9,11-14,16,21H,6-7,10H2,1-3H3,(H,22,23)/t12-,13-,14-,16-/m1/s1. The van der Waals surface area contributed by atoms with Gasteiger partial charge in [0.25, 0.3) is 5.91 Å². The fourth-order valence-corrected chi connectivity index (χ4v) is 3.55. The average molecular weight is 342 g/mol. The lowest BCUT2D eigenvalue weighted by atomic mass is 9.78. The molecular formula is C20H26N2O3. The van der Waals surface area contributed by atoms with E-state index in [-0.39, 0.29) is 11.9 Å². The SMILES string of the molecule is C[C@@H]1[C@H](C)CCC[C@H]1NC(=O)[C@@H](C)OC(=O)c1cc2ccccc2[nH]1. The molecule has 0 unspecified atom stereocenters. The van der Waals surface area contributed by atoms with Crippen LogP contribution in [-0.4, -0.2) is 29.0 Å². The Kier molecular flexibility index (Phi) is 5.11. The number of carbonyl (C=O) groups is 2. The fourth-order valence-electron chi connectivity index (χ4n) is 3.55. The predicted octanol–water partition coefficient (Wildman–Crippen LogP) is 3.65. The van der Waals surface area contributed by atoms with Crippen molar-refractivity contribution in [3.8, 4) is 0 Å². The maximum atomic E-state index is 12.4. The zero-order valence-electron chi connectivity index (χ0n) is 15.0. The van der Waals surface area contributed by atoms with Gasteiger partial charge >= 0.3 is 5.97 Å². The van der Waals surface area contributed by atoms with Crippen molar-refractivity contribution in [2.75, 3.05) is 0 Å². The van der Waals surface area contributed by atoms with Crippen LogP contribution in [0.3, 0.4) is 0 Å². The van der Waals surface area contributed by atoms with E-state index in [4.69, 9.17) is 4.74 Å². The molecule has 1 fully saturated rings. The lowest BCUT2D eigenvalue weighted by molar-refractivity contribution is -0.130. The summed E-state index contributed by atoms with van der Waals surface area (Å²) in [5.41, 5.74) is 1.23. The van der Waals surface area contributed by atoms with Crippen molar-refractivity contribution in [2.45, 2.75) is 52.2 Å². The number of aromatic nitrogens is 1. The third kappa shape index (κ3) is 3.86. The first-order valence-corrected chi connectivity index (χ1v) is 9.05. The Morgan fingerprint density at radius 1 is 1.24 bits per heavy atom. The van der Waals surface area contributed by atoms with Crippen LogP contribution in [0.1, 0.15) is 50.5 Å². The van der Waals surface area contributed by atoms with Gasteiger partial charge in [0.15, 0.2) is 6.10 Å². The minimum atomic E-state index is -0.816. The number of rotatable bonds is 4. The van der Waals surface area contributed by atoms with Gasteiger partial charge in [-0.05, 0) is 37.3 Å². The summed E-state index contributed by atoms with van der Waals surface area (Å²) in [6.45, 7) is 6.02. The quantitative estimate of drug-likeness (QED) is 0.833. The first-order valence-electron chi connectivity index (χ1n) is 9.05. The maximum absolute atomic E-state index is 12.4. The molecule has 1 saturated carbocycles. The molecule has 0 aliphatic heterocycles. The van der Waals surface area contributed by atoms with E-state index in [1.165, 1.54) is 6.42 Å². The van der Waals surface area contributed by atoms with Crippen LogP contribution in [-0.2, 0) is 9.53 Å². The molecule has 4 atom stereocenters. The van der Waals surface area contributed by atoms with Crippen molar-refractivity contribution in [2.24, 2.45) is 11.8 Å². The molecule has 2 aromatic rings. The molecule has 1 heterocycles. The number of carbonyl (C=O) groups excluding carboxylic acids is 2. The number of para-hydroxylation sites is 1. The van der Waals surface area contributed by atoms with Gasteiger partial charge in [0.05, 0.1) is 0 Å². The summed E-state index contributed by atoms with van der Waals surface area (Å²) >= 11 is 0. The van der Waals surface area contributed by atoms with E-state index in [1.54, 1.807) is 13.0 Å². The molecule has 0 spiro atoms. The van der Waals surface area contributed by atoms with Crippen LogP contribution >= 0.6 is 0 Å². The zero-order chi connectivity index (χ0) is 18.0. The second kappa shape index (κ2) is 7.30. The molecule has 1 aliphatic carbocycles. The highest BCUT2D eigenvalue weighted by atomic mass is 16.5. The van der Waals surface area contributed by atoms with Crippen molar-refractivity contribution >= 4 is 22.8 Å². The molecule has 1 amide bonds. The Morgan fingerprint density at radius 2 is 2.00 bits per heavy atom. The number of ether oxygens (including phenoxy) is 1. The summed E-state index contributed by atoms with van der Waals surface area (Å²) in [6.07, 6.45) is 2.50. The number of hydrogen-bond donors (Lipinski definition) is 2. The Balaban J connectivity index is 1.59. The summed E-state index contributed by atoms with van der Waals surface area (Å²) in [4.78, 5) is 27.7. The van der Waals surface area contributed by atoms with E-state index < -0.39 is 12.1 Å². The second-order valence-electron chi connectivity index (χ2n) is 7.20. The van der Waals surface area contributed by atoms with Crippen LogP contribution in [0.2, 0.25) is 0 Å². The van der Waals surface area contributed by atoms with Gasteiger partial charge < -0.3 is 15.0 Å². The number of H-pyrrole nitrogens is 1. The summed E-state index contributed by atoms with van der Waals surface area (Å²) in [5.74, 6) is 0.303. The first kappa shape index (κ1) is 17.5. The highest BCUT2D eigenvalue weighted by molar-refractivity contribution is 5.96. The van der Waals surface area contributed by atoms with Crippen LogP contribution in [0.4, 0.5) is 0 Å². The minimum Gasteiger partial charge on any atom is -0.448 e. The third-order valence-electron chi connectivity index (χ3n) is 5.44. The van der Waals surface area contributed by atoms with Gasteiger partial charge in [0.2, 0.25) is 0 Å². The van der Waals surface area contributed by atoms with E-state index >= 15 is 0 Å². The predicted molar refractivity (Wildman–Crippen MR) is 97.3 cm³/mol. The topological polar surface area (TPSA) is 71.2 Å². The molecule has 5 nitrogen and oxygen atoms in total. The van der Waals surface area contributed by atoms with E-state index in [1.807, 2.05) is 24.3 Å². The minimum absolute atomic E-state index is 0.158. The van der Waals surface area contributed by atoms with Crippen molar-refractivity contribution in [1.82, 2.24) is 10.3 Å². The molecule has 0 radical (unpaired) electrons. The van der Waals surface area contributed by atoms with Gasteiger partial charge in [-0.1, -0.05) is 44.9 Å². The maximum Gasteiger partial charge on any atom is 0.355 e. The number of amides is 1. The average Bonchev–Trinajstić information content (AvgIpc) is 3.03. The number of esters is 1. The van der Waals surface area contributed by atoms with Crippen LogP contribution < -0.4 is 5.32 Å². The molecule has 0 saturated heterocycles. The van der Waals surface area contributed by atoms with Crippen molar-refractivity contribution in [1.29, 1.82) is 0 Å². The Labute approximate surface area is 148 Å². The number of hydrogen-bond acceptors (Lipinski definition) is 3. The smallest absolute Gasteiger partial charge is 0.355 e. The van der Waals surface area contributed by atoms with Crippen molar-refractivity contribution in [3.63, 3.8) is 0 Å². The van der Waals surface area contributed by atoms with Gasteiger partial charge in [-0.15, -0.1) is 0 Å². The summed E-state index contributed by atoms with van der Waals surface area (Å²) in [6, 6.07) is 9.53. The lowest BCUT2D eigenvalue weighted by Gasteiger charge is -2.35. The van der Waals surface area contributed by atoms with E-state index in [9.17, 15) is 9.59 Å². The van der Waals surface area contributed by atoms with Gasteiger partial charge in [0.1, 0.15) is 5.69 Å². The van der Waals surface area contributed by atoms with Gasteiger partial charge in [-0.25, -0.2) is 4.79 Å². The zero-order valence-corrected chi connectivity index (χ0v) is 15.0. The number of fused-ring (bicyclic) bond motifs is 1. The molecular weight excluding hydrogens is 316 g/mol. The van der Waals surface area contributed by atoms with E-state index in [0.717, 1.165) is 23.7 Å². The normalized spacial score (nSPS) is 24.7. The highest BCUT2D eigenvalue weighted by Gasteiger charge is 2.30. The summed E-state index contributed by atoms with van der Waals surface area (Å²) in [7, 11) is 0. The van der Waals surface area contributed by atoms with Crippen LogP contribution in [0, 0.1) is 11.8 Å². The second-order valence-corrected chi connectivity index (χ2v) is 7.20. The van der Waals surface area contributed by atoms with Crippen molar-refractivity contribution in [3.05, 3.63) is 36.0 Å². The largest absolute Gasteiger partial charge is 0.448 e. The molecule has 2 N–H and O–H groups in total. The number of nitrogens with one attached hydrogen (secondary N) is 2. The molecule has 25 heavy (non-hydrogen) atoms. The first-order chi connectivity index (χ1) is 12.0. The van der Waals surface area contributed by atoms with Gasteiger partial charge in [-0.2, -0.15) is 0 Å². The lowest BCUT2D eigenvalue weighted by Crippen LogP contribution is -2.47. The Bertz CT molecular complexity index is 734. The van der Waals surface area contributed by atoms with Crippen LogP contribution in [0.5, 0.6) is 0 Å². The fraction of sp³-hybridized carbons (Fsp3) is 0.500. The van der Waals surface area contributed by atoms with Crippen LogP contribution in [0.15, 0.2) is 30.3 Å². The number of aromatic amines is 1. The van der Waals surface area contributed by atoms with E-state index in [2.05, 4.69) is 24.1 Å². The third-order valence-corrected chi connectivity index (χ3v) is 5.44. The number of benzene rings is 1. The Morgan fingerprint density at radius 3 is 2.76 bits per heavy atom.